The quantitative estimate of drug-likeness (QED) is 0.678. The van der Waals surface area contributed by atoms with Gasteiger partial charge >= 0.3 is 0 Å². The number of hydrogen-bond donors (Lipinski definition) is 1. The standard InChI is InChI=1S/C18H19NO3SSi/c1-24(2,3)14-13-15-9-11-16(12-10-15)18(20)19-23(21,22)17-7-5-4-6-8-17/h4-12H,1-3H3,(H,19,20). The Kier molecular flexibility index (Phi) is 5.27. The average molecular weight is 358 g/mol. The minimum Gasteiger partial charge on any atom is -0.268 e. The Balaban J connectivity index is 2.15. The first-order chi connectivity index (χ1) is 11.2. The van der Waals surface area contributed by atoms with E-state index in [-0.39, 0.29) is 10.5 Å². The van der Waals surface area contributed by atoms with Crippen LogP contribution < -0.4 is 4.72 Å². The molecule has 0 atom stereocenters. The smallest absolute Gasteiger partial charge is 0.264 e. The second-order valence-electron chi connectivity index (χ2n) is 6.33. The van der Waals surface area contributed by atoms with Gasteiger partial charge in [-0.1, -0.05) is 43.8 Å². The summed E-state index contributed by atoms with van der Waals surface area (Å²) in [6.07, 6.45) is 0. The molecule has 4 nitrogen and oxygen atoms in total. The van der Waals surface area contributed by atoms with Gasteiger partial charge in [0.2, 0.25) is 0 Å². The van der Waals surface area contributed by atoms with Crippen LogP contribution in [0.5, 0.6) is 0 Å². The Hall–Kier alpha value is -2.36. The van der Waals surface area contributed by atoms with Crippen LogP contribution in [0, 0.1) is 11.5 Å². The van der Waals surface area contributed by atoms with E-state index in [2.05, 4.69) is 35.8 Å². The monoisotopic (exact) mass is 357 g/mol. The molecule has 1 N–H and O–H groups in total. The predicted octanol–water partition coefficient (Wildman–Crippen LogP) is 3.03. The summed E-state index contributed by atoms with van der Waals surface area (Å²) in [5.41, 5.74) is 4.32. The number of nitrogens with one attached hydrogen (secondary N) is 1. The number of sulfonamides is 1. The lowest BCUT2D eigenvalue weighted by Crippen LogP contribution is -2.30. The fourth-order valence-electron chi connectivity index (χ4n) is 1.80. The first-order valence-corrected chi connectivity index (χ1v) is 12.4. The number of hydrogen-bond acceptors (Lipinski definition) is 3. The van der Waals surface area contributed by atoms with Gasteiger partial charge in [-0.25, -0.2) is 13.1 Å². The van der Waals surface area contributed by atoms with Gasteiger partial charge in [0.1, 0.15) is 8.07 Å². The molecule has 0 aliphatic rings. The Morgan fingerprint density at radius 2 is 1.54 bits per heavy atom. The minimum absolute atomic E-state index is 0.0518. The topological polar surface area (TPSA) is 63.2 Å². The second-order valence-corrected chi connectivity index (χ2v) is 12.8. The maximum Gasteiger partial charge on any atom is 0.264 e. The summed E-state index contributed by atoms with van der Waals surface area (Å²) in [7, 11) is -5.33. The van der Waals surface area contributed by atoms with E-state index in [9.17, 15) is 13.2 Å². The molecule has 24 heavy (non-hydrogen) atoms. The van der Waals surface area contributed by atoms with Gasteiger partial charge in [0, 0.05) is 11.1 Å². The van der Waals surface area contributed by atoms with Gasteiger partial charge in [0.05, 0.1) is 4.90 Å². The van der Waals surface area contributed by atoms with E-state index in [0.717, 1.165) is 5.56 Å². The van der Waals surface area contributed by atoms with Crippen LogP contribution in [-0.4, -0.2) is 22.4 Å². The molecule has 2 aromatic carbocycles. The predicted molar refractivity (Wildman–Crippen MR) is 97.8 cm³/mol. The third-order valence-electron chi connectivity index (χ3n) is 3.01. The molecule has 0 saturated heterocycles. The molecule has 124 valence electrons. The molecule has 0 aliphatic carbocycles. The largest absolute Gasteiger partial charge is 0.268 e. The summed E-state index contributed by atoms with van der Waals surface area (Å²) >= 11 is 0. The Labute approximate surface area is 144 Å². The molecule has 0 radical (unpaired) electrons. The lowest BCUT2D eigenvalue weighted by molar-refractivity contribution is 0.0981. The second kappa shape index (κ2) is 7.03. The zero-order valence-electron chi connectivity index (χ0n) is 13.8. The van der Waals surface area contributed by atoms with Crippen LogP contribution in [0.25, 0.3) is 0 Å². The van der Waals surface area contributed by atoms with E-state index in [0.29, 0.717) is 0 Å². The van der Waals surface area contributed by atoms with Crippen molar-refractivity contribution in [3.05, 3.63) is 65.7 Å². The highest BCUT2D eigenvalue weighted by Gasteiger charge is 2.18. The zero-order chi connectivity index (χ0) is 17.8. The number of amides is 1. The molecule has 0 heterocycles. The summed E-state index contributed by atoms with van der Waals surface area (Å²) in [4.78, 5) is 12.2. The van der Waals surface area contributed by atoms with Gasteiger partial charge in [0.15, 0.2) is 0 Å². The van der Waals surface area contributed by atoms with E-state index >= 15 is 0 Å². The van der Waals surface area contributed by atoms with Crippen LogP contribution in [0.4, 0.5) is 0 Å². The van der Waals surface area contributed by atoms with Crippen molar-refractivity contribution in [3.8, 4) is 11.5 Å². The molecule has 0 aromatic heterocycles. The Morgan fingerprint density at radius 1 is 0.958 bits per heavy atom. The van der Waals surface area contributed by atoms with E-state index < -0.39 is 24.0 Å². The molecule has 0 unspecified atom stereocenters. The molecular weight excluding hydrogens is 338 g/mol. The molecule has 2 rings (SSSR count). The highest BCUT2D eigenvalue weighted by atomic mass is 32.2. The zero-order valence-corrected chi connectivity index (χ0v) is 15.6. The summed E-state index contributed by atoms with van der Waals surface area (Å²) in [6.45, 7) is 6.45. The molecule has 1 amide bonds. The maximum atomic E-state index is 12.1. The minimum atomic E-state index is -3.87. The van der Waals surface area contributed by atoms with Crippen molar-refractivity contribution in [2.24, 2.45) is 0 Å². The third kappa shape index (κ3) is 5.08. The first-order valence-electron chi connectivity index (χ1n) is 7.43. The van der Waals surface area contributed by atoms with Gasteiger partial charge in [-0.05, 0) is 36.4 Å². The highest BCUT2D eigenvalue weighted by Crippen LogP contribution is 2.10. The molecule has 0 saturated carbocycles. The van der Waals surface area contributed by atoms with Crippen molar-refractivity contribution in [3.63, 3.8) is 0 Å². The van der Waals surface area contributed by atoms with Crippen LogP contribution in [0.1, 0.15) is 15.9 Å². The first kappa shape index (κ1) is 18.0. The van der Waals surface area contributed by atoms with Crippen LogP contribution in [0.2, 0.25) is 19.6 Å². The van der Waals surface area contributed by atoms with Gasteiger partial charge in [-0.3, -0.25) is 4.79 Å². The summed E-state index contributed by atoms with van der Waals surface area (Å²) in [5, 5.41) is 0. The average Bonchev–Trinajstić information content (AvgIpc) is 2.53. The van der Waals surface area contributed by atoms with E-state index in [1.165, 1.54) is 12.1 Å². The summed E-state index contributed by atoms with van der Waals surface area (Å²) in [6, 6.07) is 14.4. The van der Waals surface area contributed by atoms with Crippen molar-refractivity contribution in [1.29, 1.82) is 0 Å². The number of carbonyl (C=O) groups is 1. The highest BCUT2D eigenvalue weighted by molar-refractivity contribution is 7.90. The lowest BCUT2D eigenvalue weighted by atomic mass is 10.1. The van der Waals surface area contributed by atoms with Crippen LogP contribution in [-0.2, 0) is 10.0 Å². The van der Waals surface area contributed by atoms with Gasteiger partial charge in [-0.15, -0.1) is 5.54 Å². The fraction of sp³-hybridized carbons (Fsp3) is 0.167. The fourth-order valence-corrected chi connectivity index (χ4v) is 3.32. The Bertz CT molecular complexity index is 887. The normalized spacial score (nSPS) is 11.3. The SMILES string of the molecule is C[Si](C)(C)C#Cc1ccc(C(=O)NS(=O)(=O)c2ccccc2)cc1. The number of benzene rings is 2. The van der Waals surface area contributed by atoms with Crippen molar-refractivity contribution in [1.82, 2.24) is 4.72 Å². The van der Waals surface area contributed by atoms with Crippen molar-refractivity contribution >= 4 is 24.0 Å². The lowest BCUT2D eigenvalue weighted by Gasteiger charge is -2.07. The van der Waals surface area contributed by atoms with Gasteiger partial charge in [-0.2, -0.15) is 0 Å². The number of carbonyl (C=O) groups excluding carboxylic acids is 1. The summed E-state index contributed by atoms with van der Waals surface area (Å²) < 4.78 is 26.4. The van der Waals surface area contributed by atoms with Crippen molar-refractivity contribution < 1.29 is 13.2 Å². The Morgan fingerprint density at radius 3 is 2.08 bits per heavy atom. The van der Waals surface area contributed by atoms with Gasteiger partial charge < -0.3 is 0 Å². The van der Waals surface area contributed by atoms with E-state index in [4.69, 9.17) is 0 Å². The molecule has 0 spiro atoms. The number of rotatable bonds is 3. The van der Waals surface area contributed by atoms with Crippen molar-refractivity contribution in [2.75, 3.05) is 0 Å². The maximum absolute atomic E-state index is 12.1. The molecule has 2 aromatic rings. The van der Waals surface area contributed by atoms with Gasteiger partial charge in [0.25, 0.3) is 15.9 Å². The molecule has 0 fully saturated rings. The molecular formula is C18H19NO3SSi. The van der Waals surface area contributed by atoms with Crippen molar-refractivity contribution in [2.45, 2.75) is 24.5 Å². The molecule has 0 bridgehead atoms. The van der Waals surface area contributed by atoms with Crippen LogP contribution in [0.3, 0.4) is 0 Å². The van der Waals surface area contributed by atoms with Crippen LogP contribution in [0.15, 0.2) is 59.5 Å². The summed E-state index contributed by atoms with van der Waals surface area (Å²) in [5.74, 6) is 2.42. The van der Waals surface area contributed by atoms with Crippen LogP contribution >= 0.6 is 0 Å². The third-order valence-corrected chi connectivity index (χ3v) is 5.23. The molecule has 0 aliphatic heterocycles. The molecule has 6 heteroatoms. The van der Waals surface area contributed by atoms with E-state index in [1.807, 2.05) is 0 Å². The van der Waals surface area contributed by atoms with E-state index in [1.54, 1.807) is 42.5 Å².